The highest BCUT2D eigenvalue weighted by molar-refractivity contribution is 9.10. The second-order valence-electron chi connectivity index (χ2n) is 4.43. The zero-order valence-electron chi connectivity index (χ0n) is 12.0. The molecule has 0 radical (unpaired) electrons. The van der Waals surface area contributed by atoms with E-state index in [-0.39, 0.29) is 18.3 Å². The first-order chi connectivity index (χ1) is 9.44. The summed E-state index contributed by atoms with van der Waals surface area (Å²) in [6.45, 7) is 1.78. The molecule has 0 saturated carbocycles. The Bertz CT molecular complexity index is 475. The third kappa shape index (κ3) is 3.86. The predicted molar refractivity (Wildman–Crippen MR) is 78.0 cm³/mol. The van der Waals surface area contributed by atoms with Gasteiger partial charge in [-0.2, -0.15) is 0 Å². The van der Waals surface area contributed by atoms with E-state index in [4.69, 9.17) is 9.47 Å². The van der Waals surface area contributed by atoms with Gasteiger partial charge in [0, 0.05) is 4.47 Å². The van der Waals surface area contributed by atoms with Gasteiger partial charge in [-0.1, -0.05) is 22.9 Å². The summed E-state index contributed by atoms with van der Waals surface area (Å²) in [4.78, 5) is 11.3. The molecule has 0 aliphatic carbocycles. The van der Waals surface area contributed by atoms with Crippen LogP contribution in [0.15, 0.2) is 16.6 Å². The fraction of sp³-hybridized carbons (Fsp3) is 0.500. The Morgan fingerprint density at radius 3 is 2.30 bits per heavy atom. The Morgan fingerprint density at radius 2 is 1.80 bits per heavy atom. The molecule has 5 nitrogen and oxygen atoms in total. The third-order valence-corrected chi connectivity index (χ3v) is 3.76. The van der Waals surface area contributed by atoms with Gasteiger partial charge >= 0.3 is 5.97 Å². The number of carbonyl (C=O) groups is 1. The Morgan fingerprint density at radius 1 is 1.25 bits per heavy atom. The smallest absolute Gasteiger partial charge is 0.305 e. The Hall–Kier alpha value is -1.27. The molecule has 1 rings (SSSR count). The summed E-state index contributed by atoms with van der Waals surface area (Å²) in [6, 6.07) is 3.42. The van der Waals surface area contributed by atoms with Crippen LogP contribution in [0.1, 0.15) is 25.0 Å². The van der Waals surface area contributed by atoms with Crippen LogP contribution in [0, 0.1) is 5.92 Å². The minimum Gasteiger partial charge on any atom is -0.493 e. The van der Waals surface area contributed by atoms with Crippen molar-refractivity contribution in [3.63, 3.8) is 0 Å². The minimum atomic E-state index is -0.816. The molecule has 0 heterocycles. The Labute approximate surface area is 127 Å². The molecular weight excluding hydrogens is 328 g/mol. The maximum atomic E-state index is 11.3. The van der Waals surface area contributed by atoms with Gasteiger partial charge in [0.25, 0.3) is 0 Å². The standard InChI is InChI=1S/C14H19BrO5/c1-8(5-13(16)20-4)14(17)9-6-11(18-2)12(19-3)7-10(9)15/h6-8,14,17H,5H2,1-4H3. The number of rotatable bonds is 6. The van der Waals surface area contributed by atoms with Crippen molar-refractivity contribution >= 4 is 21.9 Å². The SMILES string of the molecule is COC(=O)CC(C)C(O)c1cc(OC)c(OC)cc1Br. The third-order valence-electron chi connectivity index (χ3n) is 3.08. The predicted octanol–water partition coefficient (Wildman–Crippen LogP) is 2.70. The van der Waals surface area contributed by atoms with E-state index in [2.05, 4.69) is 20.7 Å². The van der Waals surface area contributed by atoms with Crippen LogP contribution in [0.5, 0.6) is 11.5 Å². The van der Waals surface area contributed by atoms with Crippen LogP contribution in [0.4, 0.5) is 0 Å². The topological polar surface area (TPSA) is 65.0 Å². The monoisotopic (exact) mass is 346 g/mol. The summed E-state index contributed by atoms with van der Waals surface area (Å²) in [5.41, 5.74) is 0.638. The molecule has 112 valence electrons. The number of esters is 1. The summed E-state index contributed by atoms with van der Waals surface area (Å²) in [7, 11) is 4.40. The molecule has 0 aliphatic rings. The summed E-state index contributed by atoms with van der Waals surface area (Å²) in [6.07, 6.45) is -0.679. The number of aliphatic hydroxyl groups excluding tert-OH is 1. The van der Waals surface area contributed by atoms with Gasteiger partial charge in [-0.15, -0.1) is 0 Å². The van der Waals surface area contributed by atoms with Crippen molar-refractivity contribution in [3.05, 3.63) is 22.2 Å². The maximum absolute atomic E-state index is 11.3. The zero-order chi connectivity index (χ0) is 15.3. The molecule has 0 fully saturated rings. The highest BCUT2D eigenvalue weighted by atomic mass is 79.9. The van der Waals surface area contributed by atoms with Crippen molar-refractivity contribution in [2.45, 2.75) is 19.4 Å². The van der Waals surface area contributed by atoms with Crippen molar-refractivity contribution < 1.29 is 24.1 Å². The lowest BCUT2D eigenvalue weighted by Gasteiger charge is -2.21. The molecule has 0 bridgehead atoms. The molecule has 1 N–H and O–H groups in total. The molecule has 0 saturated heterocycles. The van der Waals surface area contributed by atoms with E-state index >= 15 is 0 Å². The van der Waals surface area contributed by atoms with E-state index in [1.54, 1.807) is 26.2 Å². The normalized spacial score (nSPS) is 13.5. The van der Waals surface area contributed by atoms with E-state index in [0.29, 0.717) is 21.5 Å². The number of benzene rings is 1. The lowest BCUT2D eigenvalue weighted by molar-refractivity contribution is -0.142. The average molecular weight is 347 g/mol. The van der Waals surface area contributed by atoms with Gasteiger partial charge in [-0.25, -0.2) is 0 Å². The van der Waals surface area contributed by atoms with Crippen molar-refractivity contribution in [1.82, 2.24) is 0 Å². The van der Waals surface area contributed by atoms with E-state index in [9.17, 15) is 9.90 Å². The lowest BCUT2D eigenvalue weighted by Crippen LogP contribution is -2.15. The minimum absolute atomic E-state index is 0.137. The van der Waals surface area contributed by atoms with Gasteiger partial charge in [0.15, 0.2) is 11.5 Å². The first-order valence-corrected chi connectivity index (χ1v) is 6.90. The van der Waals surface area contributed by atoms with Gasteiger partial charge < -0.3 is 19.3 Å². The number of hydrogen-bond donors (Lipinski definition) is 1. The molecular formula is C14H19BrO5. The van der Waals surface area contributed by atoms with Crippen LogP contribution < -0.4 is 9.47 Å². The van der Waals surface area contributed by atoms with Crippen LogP contribution in [0.25, 0.3) is 0 Å². The quantitative estimate of drug-likeness (QED) is 0.802. The number of carbonyl (C=O) groups excluding carboxylic acids is 1. The summed E-state index contributed by atoms with van der Waals surface area (Å²) in [5.74, 6) is 0.455. The number of aliphatic hydroxyl groups is 1. The summed E-state index contributed by atoms with van der Waals surface area (Å²) in [5, 5.41) is 10.4. The molecule has 0 spiro atoms. The molecule has 1 aromatic carbocycles. The molecule has 6 heteroatoms. The van der Waals surface area contributed by atoms with Crippen LogP contribution in [0.3, 0.4) is 0 Å². The molecule has 2 unspecified atom stereocenters. The Kier molecular flexibility index (Phi) is 6.29. The fourth-order valence-electron chi connectivity index (χ4n) is 1.86. The van der Waals surface area contributed by atoms with Crippen molar-refractivity contribution in [2.75, 3.05) is 21.3 Å². The number of halogens is 1. The van der Waals surface area contributed by atoms with Gasteiger partial charge in [0.2, 0.25) is 0 Å². The zero-order valence-corrected chi connectivity index (χ0v) is 13.6. The molecule has 1 aromatic rings. The van der Waals surface area contributed by atoms with Crippen LogP contribution in [0.2, 0.25) is 0 Å². The van der Waals surface area contributed by atoms with E-state index in [1.165, 1.54) is 14.2 Å². The van der Waals surface area contributed by atoms with Crippen LogP contribution in [-0.4, -0.2) is 32.4 Å². The van der Waals surface area contributed by atoms with E-state index in [0.717, 1.165) is 0 Å². The first-order valence-electron chi connectivity index (χ1n) is 6.10. The van der Waals surface area contributed by atoms with E-state index < -0.39 is 6.10 Å². The molecule has 0 aliphatic heterocycles. The molecule has 0 aromatic heterocycles. The van der Waals surface area contributed by atoms with E-state index in [1.807, 2.05) is 0 Å². The number of methoxy groups -OCH3 is 3. The number of ether oxygens (including phenoxy) is 3. The van der Waals surface area contributed by atoms with Crippen LogP contribution >= 0.6 is 15.9 Å². The van der Waals surface area contributed by atoms with Gasteiger partial charge in [-0.05, 0) is 23.6 Å². The van der Waals surface area contributed by atoms with Gasteiger partial charge in [0.1, 0.15) is 0 Å². The highest BCUT2D eigenvalue weighted by Gasteiger charge is 2.23. The first kappa shape index (κ1) is 16.8. The van der Waals surface area contributed by atoms with Crippen molar-refractivity contribution in [2.24, 2.45) is 5.92 Å². The fourth-order valence-corrected chi connectivity index (χ4v) is 2.42. The van der Waals surface area contributed by atoms with Crippen LogP contribution in [-0.2, 0) is 9.53 Å². The average Bonchev–Trinajstić information content (AvgIpc) is 2.45. The van der Waals surface area contributed by atoms with Crippen molar-refractivity contribution in [3.8, 4) is 11.5 Å². The molecule has 20 heavy (non-hydrogen) atoms. The molecule has 0 amide bonds. The lowest BCUT2D eigenvalue weighted by atomic mass is 9.94. The summed E-state index contributed by atoms with van der Waals surface area (Å²) >= 11 is 3.39. The number of hydrogen-bond acceptors (Lipinski definition) is 5. The van der Waals surface area contributed by atoms with Gasteiger partial charge in [-0.3, -0.25) is 4.79 Å². The van der Waals surface area contributed by atoms with Crippen molar-refractivity contribution in [1.29, 1.82) is 0 Å². The summed E-state index contributed by atoms with van der Waals surface area (Å²) < 4.78 is 15.7. The second kappa shape index (κ2) is 7.50. The highest BCUT2D eigenvalue weighted by Crippen LogP contribution is 2.38. The second-order valence-corrected chi connectivity index (χ2v) is 5.29. The van der Waals surface area contributed by atoms with Gasteiger partial charge in [0.05, 0.1) is 33.9 Å². The largest absolute Gasteiger partial charge is 0.493 e. The Balaban J connectivity index is 3.03. The molecule has 2 atom stereocenters. The maximum Gasteiger partial charge on any atom is 0.305 e.